The molecule has 90 valence electrons. The van der Waals surface area contributed by atoms with Gasteiger partial charge in [-0.2, -0.15) is 0 Å². The molecular weight excluding hydrogens is 266 g/mol. The Morgan fingerprint density at radius 1 is 1.19 bits per heavy atom. The first kappa shape index (κ1) is 14.0. The number of ether oxygens (including phenoxy) is 1. The molecule has 0 aliphatic heterocycles. The average Bonchev–Trinajstić information content (AvgIpc) is 2.20. The summed E-state index contributed by atoms with van der Waals surface area (Å²) in [6.45, 7) is 4.19. The van der Waals surface area contributed by atoms with Gasteiger partial charge in [0.05, 0.1) is 12.1 Å². The Morgan fingerprint density at radius 3 is 2.31 bits per heavy atom. The molecule has 0 atom stereocenters. The van der Waals surface area contributed by atoms with Crippen LogP contribution in [-0.4, -0.2) is 13.0 Å². The second-order valence-electron chi connectivity index (χ2n) is 4.29. The molecule has 0 saturated carbocycles. The van der Waals surface area contributed by atoms with E-state index >= 15 is 0 Å². The first-order valence-corrected chi connectivity index (χ1v) is 6.31. The number of hydrogen-bond acceptors (Lipinski definition) is 1. The summed E-state index contributed by atoms with van der Waals surface area (Å²) in [5, 5.41) is 1.24. The van der Waals surface area contributed by atoms with Gasteiger partial charge in [0.15, 0.2) is 0 Å². The molecule has 4 heteroatoms. The monoisotopic (exact) mass is 280 g/mol. The zero-order valence-corrected chi connectivity index (χ0v) is 11.9. The molecule has 1 aromatic carbocycles. The Kier molecular flexibility index (Phi) is 4.78. The number of benzene rings is 1. The third kappa shape index (κ3) is 2.97. The van der Waals surface area contributed by atoms with Crippen LogP contribution in [0.15, 0.2) is 12.1 Å². The van der Waals surface area contributed by atoms with Crippen molar-refractivity contribution >= 4 is 34.8 Å². The van der Waals surface area contributed by atoms with E-state index < -0.39 is 0 Å². The lowest BCUT2D eigenvalue weighted by Crippen LogP contribution is -2.18. The molecule has 1 aromatic rings. The fraction of sp³-hybridized carbons (Fsp3) is 0.500. The highest BCUT2D eigenvalue weighted by molar-refractivity contribution is 6.34. The highest BCUT2D eigenvalue weighted by atomic mass is 35.5. The molecular formula is C12H15Cl3O. The minimum atomic E-state index is -0.0885. The lowest BCUT2D eigenvalue weighted by atomic mass is 9.82. The van der Waals surface area contributed by atoms with Gasteiger partial charge in [-0.15, -0.1) is 11.6 Å². The zero-order valence-electron chi connectivity index (χ0n) is 9.61. The van der Waals surface area contributed by atoms with Crippen molar-refractivity contribution in [2.24, 2.45) is 0 Å². The van der Waals surface area contributed by atoms with Crippen molar-refractivity contribution in [3.8, 4) is 5.75 Å². The minimum Gasteiger partial charge on any atom is -0.495 e. The van der Waals surface area contributed by atoms with Crippen molar-refractivity contribution in [3.63, 3.8) is 0 Å². The van der Waals surface area contributed by atoms with Gasteiger partial charge < -0.3 is 4.74 Å². The molecule has 0 N–H and O–H groups in total. The van der Waals surface area contributed by atoms with E-state index in [0.29, 0.717) is 21.7 Å². The fourth-order valence-corrected chi connectivity index (χ4v) is 2.70. The van der Waals surface area contributed by atoms with E-state index in [9.17, 15) is 0 Å². The van der Waals surface area contributed by atoms with Crippen LogP contribution in [-0.2, 0) is 5.41 Å². The summed E-state index contributed by atoms with van der Waals surface area (Å²) in [5.74, 6) is 1.18. The van der Waals surface area contributed by atoms with Gasteiger partial charge in [-0.25, -0.2) is 0 Å². The van der Waals surface area contributed by atoms with Crippen LogP contribution < -0.4 is 4.74 Å². The van der Waals surface area contributed by atoms with E-state index in [2.05, 4.69) is 13.8 Å². The van der Waals surface area contributed by atoms with Gasteiger partial charge in [-0.3, -0.25) is 0 Å². The van der Waals surface area contributed by atoms with Crippen LogP contribution in [0.2, 0.25) is 10.0 Å². The van der Waals surface area contributed by atoms with Crippen LogP contribution in [0.25, 0.3) is 0 Å². The maximum Gasteiger partial charge on any atom is 0.138 e. The molecule has 0 spiro atoms. The summed E-state index contributed by atoms with van der Waals surface area (Å²) in [6.07, 6.45) is 0.844. The molecule has 0 aliphatic carbocycles. The summed E-state index contributed by atoms with van der Waals surface area (Å²) < 4.78 is 5.11. The molecule has 0 aromatic heterocycles. The van der Waals surface area contributed by atoms with Crippen LogP contribution >= 0.6 is 34.8 Å². The van der Waals surface area contributed by atoms with E-state index in [4.69, 9.17) is 39.5 Å². The first-order chi connectivity index (χ1) is 7.42. The van der Waals surface area contributed by atoms with E-state index in [1.54, 1.807) is 13.2 Å². The Morgan fingerprint density at radius 2 is 1.81 bits per heavy atom. The molecule has 0 fully saturated rings. The fourth-order valence-electron chi connectivity index (χ4n) is 1.57. The van der Waals surface area contributed by atoms with E-state index in [1.165, 1.54) is 0 Å². The van der Waals surface area contributed by atoms with Crippen LogP contribution in [0.1, 0.15) is 25.8 Å². The summed E-state index contributed by atoms with van der Waals surface area (Å²) in [5.41, 5.74) is 0.912. The van der Waals surface area contributed by atoms with Gasteiger partial charge in [0.2, 0.25) is 0 Å². The summed E-state index contributed by atoms with van der Waals surface area (Å²) in [7, 11) is 1.57. The maximum atomic E-state index is 6.22. The number of rotatable bonds is 4. The standard InChI is InChI=1S/C12H15Cl3O/c1-12(2,4-5-13)8-6-10(15)11(16-3)7-9(8)14/h6-7H,4-5H2,1-3H3. The lowest BCUT2D eigenvalue weighted by Gasteiger charge is -2.26. The molecule has 16 heavy (non-hydrogen) atoms. The second-order valence-corrected chi connectivity index (χ2v) is 5.48. The molecule has 0 bridgehead atoms. The second kappa shape index (κ2) is 5.48. The van der Waals surface area contributed by atoms with Crippen molar-refractivity contribution in [1.82, 2.24) is 0 Å². The van der Waals surface area contributed by atoms with Crippen molar-refractivity contribution in [2.75, 3.05) is 13.0 Å². The highest BCUT2D eigenvalue weighted by Gasteiger charge is 2.24. The van der Waals surface area contributed by atoms with E-state index in [0.717, 1.165) is 12.0 Å². The summed E-state index contributed by atoms with van der Waals surface area (Å²) in [4.78, 5) is 0. The Balaban J connectivity index is 3.20. The normalized spacial score (nSPS) is 11.6. The van der Waals surface area contributed by atoms with Crippen molar-refractivity contribution < 1.29 is 4.74 Å². The number of hydrogen-bond donors (Lipinski definition) is 0. The van der Waals surface area contributed by atoms with Crippen molar-refractivity contribution in [1.29, 1.82) is 0 Å². The molecule has 0 radical (unpaired) electrons. The number of halogens is 3. The number of alkyl halides is 1. The Bertz CT molecular complexity index is 375. The smallest absolute Gasteiger partial charge is 0.138 e. The number of methoxy groups -OCH3 is 1. The molecule has 0 amide bonds. The van der Waals surface area contributed by atoms with Crippen LogP contribution in [0.3, 0.4) is 0 Å². The van der Waals surface area contributed by atoms with Gasteiger partial charge in [0.25, 0.3) is 0 Å². The lowest BCUT2D eigenvalue weighted by molar-refractivity contribution is 0.414. The molecule has 0 unspecified atom stereocenters. The summed E-state index contributed by atoms with van der Waals surface area (Å²) in [6, 6.07) is 3.60. The molecule has 0 heterocycles. The Hall–Kier alpha value is -0.110. The largest absolute Gasteiger partial charge is 0.495 e. The van der Waals surface area contributed by atoms with Crippen LogP contribution in [0.5, 0.6) is 5.75 Å². The third-order valence-electron chi connectivity index (χ3n) is 2.69. The molecule has 0 aliphatic rings. The van der Waals surface area contributed by atoms with Gasteiger partial charge in [0.1, 0.15) is 5.75 Å². The van der Waals surface area contributed by atoms with Gasteiger partial charge in [-0.05, 0) is 23.5 Å². The topological polar surface area (TPSA) is 9.23 Å². The minimum absolute atomic E-state index is 0.0885. The maximum absolute atomic E-state index is 6.22. The van der Waals surface area contributed by atoms with Crippen molar-refractivity contribution in [2.45, 2.75) is 25.7 Å². The van der Waals surface area contributed by atoms with Gasteiger partial charge in [-0.1, -0.05) is 37.0 Å². The Labute approximate surface area is 112 Å². The first-order valence-electron chi connectivity index (χ1n) is 5.02. The van der Waals surface area contributed by atoms with Gasteiger partial charge >= 0.3 is 0 Å². The predicted octanol–water partition coefficient (Wildman–Crippen LogP) is 4.91. The van der Waals surface area contributed by atoms with Gasteiger partial charge in [0, 0.05) is 17.0 Å². The average molecular weight is 282 g/mol. The van der Waals surface area contributed by atoms with Crippen LogP contribution in [0, 0.1) is 0 Å². The highest BCUT2D eigenvalue weighted by Crippen LogP contribution is 2.38. The zero-order chi connectivity index (χ0) is 12.3. The molecule has 0 saturated heterocycles. The van der Waals surface area contributed by atoms with E-state index in [1.807, 2.05) is 6.07 Å². The van der Waals surface area contributed by atoms with Crippen LogP contribution in [0.4, 0.5) is 0 Å². The van der Waals surface area contributed by atoms with Crippen molar-refractivity contribution in [3.05, 3.63) is 27.7 Å². The van der Waals surface area contributed by atoms with E-state index in [-0.39, 0.29) is 5.41 Å². The summed E-state index contributed by atoms with van der Waals surface area (Å²) >= 11 is 18.1. The SMILES string of the molecule is COc1cc(Cl)c(C(C)(C)CCCl)cc1Cl. The molecule has 1 rings (SSSR count). The predicted molar refractivity (Wildman–Crippen MR) is 71.4 cm³/mol. The third-order valence-corrected chi connectivity index (χ3v) is 3.49. The molecule has 1 nitrogen and oxygen atoms in total. The quantitative estimate of drug-likeness (QED) is 0.713.